The van der Waals surface area contributed by atoms with E-state index < -0.39 is 0 Å². The number of nitrogens with zero attached hydrogens (tertiary/aromatic N) is 1. The lowest BCUT2D eigenvalue weighted by Crippen LogP contribution is -2.28. The molecule has 1 aromatic rings. The number of hydrogen-bond donors (Lipinski definition) is 0. The number of rotatable bonds is 3. The Bertz CT molecular complexity index is 330. The first-order valence-corrected chi connectivity index (χ1v) is 6.22. The molecule has 0 unspecified atom stereocenters. The summed E-state index contributed by atoms with van der Waals surface area (Å²) in [5.74, 6) is 0. The van der Waals surface area contributed by atoms with Crippen LogP contribution in [0, 0.1) is 0 Å². The van der Waals surface area contributed by atoms with Crippen LogP contribution < -0.4 is 4.90 Å². The maximum absolute atomic E-state index is 2.49. The zero-order valence-electron chi connectivity index (χ0n) is 9.92. The van der Waals surface area contributed by atoms with Gasteiger partial charge in [-0.05, 0) is 43.4 Å². The molecule has 0 amide bonds. The number of fused-ring (bicyclic) bond motifs is 1. The molecule has 1 aliphatic heterocycles. The molecule has 0 aliphatic carbocycles. The van der Waals surface area contributed by atoms with Crippen LogP contribution in [0.15, 0.2) is 18.2 Å². The molecule has 0 fully saturated rings. The molecule has 2 rings (SSSR count). The molecule has 0 atom stereocenters. The minimum atomic E-state index is 1.14. The molecular formula is C14H21N. The quantitative estimate of drug-likeness (QED) is 0.727. The Balaban J connectivity index is 2.27. The molecular weight excluding hydrogens is 182 g/mol. The highest BCUT2D eigenvalue weighted by molar-refractivity contribution is 5.56. The second-order valence-electron chi connectivity index (χ2n) is 4.40. The molecule has 0 aromatic heterocycles. The van der Waals surface area contributed by atoms with Crippen LogP contribution in [0.5, 0.6) is 0 Å². The van der Waals surface area contributed by atoms with Gasteiger partial charge in [-0.2, -0.15) is 0 Å². The number of benzene rings is 1. The van der Waals surface area contributed by atoms with Crippen molar-refractivity contribution in [3.63, 3.8) is 0 Å². The first-order chi connectivity index (χ1) is 7.35. The molecule has 0 spiro atoms. The average molecular weight is 203 g/mol. The molecule has 0 radical (unpaired) electrons. The van der Waals surface area contributed by atoms with Gasteiger partial charge in [0.15, 0.2) is 0 Å². The Labute approximate surface area is 93.1 Å². The van der Waals surface area contributed by atoms with Crippen molar-refractivity contribution in [2.75, 3.05) is 18.0 Å². The maximum Gasteiger partial charge on any atom is 0.0398 e. The van der Waals surface area contributed by atoms with Gasteiger partial charge in [0.1, 0.15) is 0 Å². The van der Waals surface area contributed by atoms with Crippen molar-refractivity contribution in [1.82, 2.24) is 0 Å². The zero-order chi connectivity index (χ0) is 10.7. The summed E-state index contributed by atoms with van der Waals surface area (Å²) >= 11 is 0. The van der Waals surface area contributed by atoms with Crippen molar-refractivity contribution in [1.29, 1.82) is 0 Å². The third-order valence-corrected chi connectivity index (χ3v) is 3.28. The van der Waals surface area contributed by atoms with E-state index in [0.29, 0.717) is 0 Å². The molecule has 0 bridgehead atoms. The number of hydrogen-bond acceptors (Lipinski definition) is 1. The fourth-order valence-electron chi connectivity index (χ4n) is 2.50. The molecule has 0 saturated carbocycles. The Kier molecular flexibility index (Phi) is 3.30. The largest absolute Gasteiger partial charge is 0.372 e. The molecule has 1 heterocycles. The van der Waals surface area contributed by atoms with Gasteiger partial charge in [-0.25, -0.2) is 0 Å². The van der Waals surface area contributed by atoms with Gasteiger partial charge >= 0.3 is 0 Å². The first kappa shape index (κ1) is 10.5. The minimum Gasteiger partial charge on any atom is -0.372 e. The third kappa shape index (κ3) is 2.17. The van der Waals surface area contributed by atoms with Crippen molar-refractivity contribution in [3.8, 4) is 0 Å². The number of anilines is 1. The van der Waals surface area contributed by atoms with E-state index in [1.54, 1.807) is 5.56 Å². The van der Waals surface area contributed by atoms with Gasteiger partial charge in [0.05, 0.1) is 0 Å². The summed E-state index contributed by atoms with van der Waals surface area (Å²) in [6, 6.07) is 7.04. The van der Waals surface area contributed by atoms with E-state index in [9.17, 15) is 0 Å². The van der Waals surface area contributed by atoms with Crippen molar-refractivity contribution < 1.29 is 0 Å². The van der Waals surface area contributed by atoms with E-state index in [0.717, 1.165) is 6.54 Å². The summed E-state index contributed by atoms with van der Waals surface area (Å²) in [6.45, 7) is 6.86. The molecule has 1 aromatic carbocycles. The van der Waals surface area contributed by atoms with Crippen LogP contribution in [0.3, 0.4) is 0 Å². The average Bonchev–Trinajstić information content (AvgIpc) is 2.28. The monoisotopic (exact) mass is 203 g/mol. The van der Waals surface area contributed by atoms with E-state index in [2.05, 4.69) is 36.9 Å². The second-order valence-corrected chi connectivity index (χ2v) is 4.40. The smallest absolute Gasteiger partial charge is 0.0398 e. The Hall–Kier alpha value is -0.980. The van der Waals surface area contributed by atoms with Crippen molar-refractivity contribution in [2.45, 2.75) is 39.5 Å². The van der Waals surface area contributed by atoms with Gasteiger partial charge in [0.25, 0.3) is 0 Å². The van der Waals surface area contributed by atoms with Gasteiger partial charge < -0.3 is 4.90 Å². The second kappa shape index (κ2) is 4.69. The van der Waals surface area contributed by atoms with Crippen molar-refractivity contribution in [3.05, 3.63) is 29.3 Å². The van der Waals surface area contributed by atoms with Gasteiger partial charge in [-0.1, -0.05) is 25.5 Å². The molecule has 0 saturated heterocycles. The lowest BCUT2D eigenvalue weighted by molar-refractivity contribution is 0.706. The summed E-state index contributed by atoms with van der Waals surface area (Å²) < 4.78 is 0. The summed E-state index contributed by atoms with van der Waals surface area (Å²) in [4.78, 5) is 2.49. The maximum atomic E-state index is 2.49. The van der Waals surface area contributed by atoms with Crippen LogP contribution in [0.25, 0.3) is 0 Å². The Morgan fingerprint density at radius 2 is 2.13 bits per heavy atom. The number of aryl methyl sites for hydroxylation is 2. The predicted molar refractivity (Wildman–Crippen MR) is 66.6 cm³/mol. The van der Waals surface area contributed by atoms with E-state index in [1.165, 1.54) is 43.5 Å². The minimum absolute atomic E-state index is 1.14. The van der Waals surface area contributed by atoms with Gasteiger partial charge in [-0.15, -0.1) is 0 Å². The van der Waals surface area contributed by atoms with Crippen molar-refractivity contribution in [2.24, 2.45) is 0 Å². The molecule has 1 aliphatic rings. The molecule has 1 heteroatoms. The highest BCUT2D eigenvalue weighted by Gasteiger charge is 2.14. The van der Waals surface area contributed by atoms with Crippen molar-refractivity contribution >= 4 is 5.69 Å². The SMILES string of the molecule is CCCc1ccc2c(c1)CCCN2CC. The lowest BCUT2D eigenvalue weighted by atomic mass is 9.98. The summed E-state index contributed by atoms with van der Waals surface area (Å²) in [7, 11) is 0. The molecule has 82 valence electrons. The molecule has 1 nitrogen and oxygen atoms in total. The summed E-state index contributed by atoms with van der Waals surface area (Å²) in [5.41, 5.74) is 4.55. The zero-order valence-corrected chi connectivity index (χ0v) is 9.92. The first-order valence-electron chi connectivity index (χ1n) is 6.22. The molecule has 0 N–H and O–H groups in total. The van der Waals surface area contributed by atoms with Crippen LogP contribution in [0.2, 0.25) is 0 Å². The highest BCUT2D eigenvalue weighted by Crippen LogP contribution is 2.28. The summed E-state index contributed by atoms with van der Waals surface area (Å²) in [6.07, 6.45) is 5.05. The Morgan fingerprint density at radius 3 is 2.87 bits per heavy atom. The Morgan fingerprint density at radius 1 is 1.27 bits per heavy atom. The van der Waals surface area contributed by atoms with E-state index in [-0.39, 0.29) is 0 Å². The normalized spacial score (nSPS) is 15.2. The van der Waals surface area contributed by atoms with Crippen LogP contribution >= 0.6 is 0 Å². The summed E-state index contributed by atoms with van der Waals surface area (Å²) in [5, 5.41) is 0. The fraction of sp³-hybridized carbons (Fsp3) is 0.571. The van der Waals surface area contributed by atoms with Gasteiger partial charge in [0.2, 0.25) is 0 Å². The van der Waals surface area contributed by atoms with Crippen LogP contribution in [0.4, 0.5) is 5.69 Å². The highest BCUT2D eigenvalue weighted by atomic mass is 15.1. The van der Waals surface area contributed by atoms with Crippen LogP contribution in [-0.4, -0.2) is 13.1 Å². The third-order valence-electron chi connectivity index (χ3n) is 3.28. The molecule has 15 heavy (non-hydrogen) atoms. The fourth-order valence-corrected chi connectivity index (χ4v) is 2.50. The van der Waals surface area contributed by atoms with E-state index >= 15 is 0 Å². The van der Waals surface area contributed by atoms with Crippen LogP contribution in [0.1, 0.15) is 37.8 Å². The van der Waals surface area contributed by atoms with Gasteiger partial charge in [0, 0.05) is 18.8 Å². The van der Waals surface area contributed by atoms with Gasteiger partial charge in [-0.3, -0.25) is 0 Å². The predicted octanol–water partition coefficient (Wildman–Crippen LogP) is 3.41. The topological polar surface area (TPSA) is 3.24 Å². The standard InChI is InChI=1S/C14H21N/c1-3-6-12-8-9-14-13(11-12)7-5-10-15(14)4-2/h8-9,11H,3-7,10H2,1-2H3. The van der Waals surface area contributed by atoms with E-state index in [4.69, 9.17) is 0 Å². The lowest BCUT2D eigenvalue weighted by Gasteiger charge is -2.30. The van der Waals surface area contributed by atoms with E-state index in [1.807, 2.05) is 0 Å². The van der Waals surface area contributed by atoms with Crippen LogP contribution in [-0.2, 0) is 12.8 Å².